The number of nitrogens with zero attached hydrogens (tertiary/aromatic N) is 1. The lowest BCUT2D eigenvalue weighted by atomic mass is 9.97. The topological polar surface area (TPSA) is 87.1 Å². The van der Waals surface area contributed by atoms with E-state index in [2.05, 4.69) is 6.92 Å². The van der Waals surface area contributed by atoms with E-state index in [-0.39, 0.29) is 13.1 Å². The van der Waals surface area contributed by atoms with Gasteiger partial charge in [-0.3, -0.25) is 14.5 Å². The number of hydrogen-bond acceptors (Lipinski definition) is 4. The molecular weight excluding hydrogens is 322 g/mol. The largest absolute Gasteiger partial charge is 0.494 e. The molecule has 138 valence electrons. The summed E-state index contributed by atoms with van der Waals surface area (Å²) in [7, 11) is 0. The summed E-state index contributed by atoms with van der Waals surface area (Å²) in [5.74, 6) is -2.94. The zero-order valence-corrected chi connectivity index (χ0v) is 14.7. The van der Waals surface area contributed by atoms with Crippen LogP contribution in [0.25, 0.3) is 0 Å². The maximum atomic E-state index is 11.2. The van der Waals surface area contributed by atoms with E-state index in [0.29, 0.717) is 13.2 Å². The highest BCUT2D eigenvalue weighted by molar-refractivity contribution is 5.81. The quantitative estimate of drug-likeness (QED) is 0.632. The standard InChI is InChI=1S/C19H27NO5/c1-2-3-4-5-10-25-15-8-6-14(7-9-15)11-20-12-16(18(21)22)17(13-20)19(23)24/h6-9,16-17H,2-5,10-13H2,1H3,(H,21,22)(H,23,24). The molecule has 0 spiro atoms. The van der Waals surface area contributed by atoms with Crippen molar-refractivity contribution in [2.24, 2.45) is 11.8 Å². The number of benzene rings is 1. The van der Waals surface area contributed by atoms with Crippen molar-refractivity contribution in [1.29, 1.82) is 0 Å². The molecule has 2 unspecified atom stereocenters. The highest BCUT2D eigenvalue weighted by Gasteiger charge is 2.41. The molecule has 1 fully saturated rings. The molecule has 0 bridgehead atoms. The number of hydrogen-bond donors (Lipinski definition) is 2. The number of carbonyl (C=O) groups is 2. The smallest absolute Gasteiger partial charge is 0.308 e. The summed E-state index contributed by atoms with van der Waals surface area (Å²) in [6.45, 7) is 3.97. The Bertz CT molecular complexity index is 550. The molecule has 1 saturated heterocycles. The zero-order chi connectivity index (χ0) is 18.2. The maximum Gasteiger partial charge on any atom is 0.308 e. The zero-order valence-electron chi connectivity index (χ0n) is 14.7. The van der Waals surface area contributed by atoms with Crippen LogP contribution in [0.3, 0.4) is 0 Å². The molecule has 2 rings (SSSR count). The van der Waals surface area contributed by atoms with Crippen LogP contribution in [0, 0.1) is 11.8 Å². The van der Waals surface area contributed by atoms with Crippen molar-refractivity contribution in [1.82, 2.24) is 4.90 Å². The van der Waals surface area contributed by atoms with E-state index >= 15 is 0 Å². The summed E-state index contributed by atoms with van der Waals surface area (Å²) in [6.07, 6.45) is 4.67. The molecule has 2 atom stereocenters. The summed E-state index contributed by atoms with van der Waals surface area (Å²) >= 11 is 0. The highest BCUT2D eigenvalue weighted by atomic mass is 16.5. The molecule has 1 aromatic rings. The number of ether oxygens (including phenoxy) is 1. The molecule has 1 heterocycles. The van der Waals surface area contributed by atoms with E-state index < -0.39 is 23.8 Å². The molecular formula is C19H27NO5. The minimum atomic E-state index is -1.04. The minimum absolute atomic E-state index is 0.266. The molecule has 0 aliphatic carbocycles. The second-order valence-electron chi connectivity index (χ2n) is 6.64. The Balaban J connectivity index is 1.83. The van der Waals surface area contributed by atoms with E-state index in [1.165, 1.54) is 19.3 Å². The summed E-state index contributed by atoms with van der Waals surface area (Å²) in [6, 6.07) is 7.72. The molecule has 1 aliphatic rings. The Labute approximate surface area is 148 Å². The molecule has 0 saturated carbocycles. The van der Waals surface area contributed by atoms with Crippen molar-refractivity contribution in [3.8, 4) is 5.75 Å². The fourth-order valence-electron chi connectivity index (χ4n) is 3.18. The predicted octanol–water partition coefficient (Wildman–Crippen LogP) is 2.86. The van der Waals surface area contributed by atoms with Crippen LogP contribution in [0.2, 0.25) is 0 Å². The SMILES string of the molecule is CCCCCCOc1ccc(CN2CC(C(=O)O)C(C(=O)O)C2)cc1. The van der Waals surface area contributed by atoms with Gasteiger partial charge in [-0.15, -0.1) is 0 Å². The first-order valence-corrected chi connectivity index (χ1v) is 8.91. The summed E-state index contributed by atoms with van der Waals surface area (Å²) in [5, 5.41) is 18.4. The second-order valence-corrected chi connectivity index (χ2v) is 6.64. The third-order valence-corrected chi connectivity index (χ3v) is 4.63. The molecule has 0 radical (unpaired) electrons. The van der Waals surface area contributed by atoms with Gasteiger partial charge in [-0.25, -0.2) is 0 Å². The van der Waals surface area contributed by atoms with Gasteiger partial charge in [0.1, 0.15) is 5.75 Å². The van der Waals surface area contributed by atoms with Crippen LogP contribution in [0.15, 0.2) is 24.3 Å². The minimum Gasteiger partial charge on any atom is -0.494 e. The van der Waals surface area contributed by atoms with E-state index in [0.717, 1.165) is 17.7 Å². The molecule has 25 heavy (non-hydrogen) atoms. The maximum absolute atomic E-state index is 11.2. The van der Waals surface area contributed by atoms with Gasteiger partial charge in [0.15, 0.2) is 0 Å². The lowest BCUT2D eigenvalue weighted by Gasteiger charge is -2.15. The average Bonchev–Trinajstić information content (AvgIpc) is 3.01. The monoisotopic (exact) mass is 349 g/mol. The molecule has 6 nitrogen and oxygen atoms in total. The van der Waals surface area contributed by atoms with Crippen LogP contribution < -0.4 is 4.74 Å². The van der Waals surface area contributed by atoms with Crippen molar-refractivity contribution in [2.45, 2.75) is 39.2 Å². The van der Waals surface area contributed by atoms with Crippen molar-refractivity contribution in [3.63, 3.8) is 0 Å². The molecule has 1 aliphatic heterocycles. The normalized spacial score (nSPS) is 20.5. The van der Waals surface area contributed by atoms with E-state index in [1.807, 2.05) is 29.2 Å². The van der Waals surface area contributed by atoms with E-state index in [9.17, 15) is 19.8 Å². The van der Waals surface area contributed by atoms with Crippen molar-refractivity contribution in [3.05, 3.63) is 29.8 Å². The summed E-state index contributed by atoms with van der Waals surface area (Å²) in [5.41, 5.74) is 1.02. The van der Waals surface area contributed by atoms with E-state index in [4.69, 9.17) is 4.74 Å². The van der Waals surface area contributed by atoms with Gasteiger partial charge in [0, 0.05) is 19.6 Å². The van der Waals surface area contributed by atoms with Crippen molar-refractivity contribution < 1.29 is 24.5 Å². The third-order valence-electron chi connectivity index (χ3n) is 4.63. The number of rotatable bonds is 10. The fourth-order valence-corrected chi connectivity index (χ4v) is 3.18. The summed E-state index contributed by atoms with van der Waals surface area (Å²) < 4.78 is 5.71. The van der Waals surface area contributed by atoms with Gasteiger partial charge in [0.2, 0.25) is 0 Å². The van der Waals surface area contributed by atoms with Crippen LogP contribution in [-0.2, 0) is 16.1 Å². The number of unbranched alkanes of at least 4 members (excludes halogenated alkanes) is 3. The van der Waals surface area contributed by atoms with Gasteiger partial charge in [-0.2, -0.15) is 0 Å². The Morgan fingerprint density at radius 1 is 1.04 bits per heavy atom. The first kappa shape index (κ1) is 19.2. The van der Waals surface area contributed by atoms with Gasteiger partial charge >= 0.3 is 11.9 Å². The Hall–Kier alpha value is -2.08. The van der Waals surface area contributed by atoms with Crippen LogP contribution >= 0.6 is 0 Å². The predicted molar refractivity (Wildman–Crippen MR) is 93.6 cm³/mol. The first-order valence-electron chi connectivity index (χ1n) is 8.91. The lowest BCUT2D eigenvalue weighted by molar-refractivity contribution is -0.151. The highest BCUT2D eigenvalue weighted by Crippen LogP contribution is 2.26. The number of aliphatic carboxylic acids is 2. The number of carboxylic acid groups (broad SMARTS) is 2. The van der Waals surface area contributed by atoms with Gasteiger partial charge in [-0.1, -0.05) is 38.3 Å². The lowest BCUT2D eigenvalue weighted by Crippen LogP contribution is -2.28. The first-order chi connectivity index (χ1) is 12.0. The molecule has 2 N–H and O–H groups in total. The van der Waals surface area contributed by atoms with Crippen LogP contribution in [-0.4, -0.2) is 46.7 Å². The van der Waals surface area contributed by atoms with Gasteiger partial charge < -0.3 is 14.9 Å². The molecule has 6 heteroatoms. The van der Waals surface area contributed by atoms with Crippen molar-refractivity contribution >= 4 is 11.9 Å². The molecule has 1 aromatic carbocycles. The van der Waals surface area contributed by atoms with Crippen molar-refractivity contribution in [2.75, 3.05) is 19.7 Å². The molecule has 0 aromatic heterocycles. The van der Waals surface area contributed by atoms with Crippen LogP contribution in [0.4, 0.5) is 0 Å². The fraction of sp³-hybridized carbons (Fsp3) is 0.579. The van der Waals surface area contributed by atoms with Gasteiger partial charge in [-0.05, 0) is 24.1 Å². The van der Waals surface area contributed by atoms with Gasteiger partial charge in [0.25, 0.3) is 0 Å². The number of carboxylic acids is 2. The molecule has 0 amide bonds. The Morgan fingerprint density at radius 2 is 1.64 bits per heavy atom. The van der Waals surface area contributed by atoms with Gasteiger partial charge in [0.05, 0.1) is 18.4 Å². The van der Waals surface area contributed by atoms with E-state index in [1.54, 1.807) is 0 Å². The Morgan fingerprint density at radius 3 is 2.16 bits per heavy atom. The summed E-state index contributed by atoms with van der Waals surface area (Å²) in [4.78, 5) is 24.3. The third kappa shape index (κ3) is 5.74. The average molecular weight is 349 g/mol. The second kappa shape index (κ2) is 9.42. The van der Waals surface area contributed by atoms with Crippen LogP contribution in [0.1, 0.15) is 38.2 Å². The van der Waals surface area contributed by atoms with Crippen LogP contribution in [0.5, 0.6) is 5.75 Å². The Kier molecular flexibility index (Phi) is 7.25. The number of likely N-dealkylation sites (tertiary alicyclic amines) is 1.